The lowest BCUT2D eigenvalue weighted by atomic mass is 10.00. The normalized spacial score (nSPS) is 9.83. The van der Waals surface area contributed by atoms with E-state index in [2.05, 4.69) is 9.97 Å². The Kier molecular flexibility index (Phi) is 5.18. The molecule has 0 aliphatic carbocycles. The Balaban J connectivity index is 0.000000595. The third-order valence-corrected chi connectivity index (χ3v) is 3.47. The number of Topliss-reactive ketones (excluding diaryl/α,β-unsaturated/α-hetero) is 1. The van der Waals surface area contributed by atoms with Gasteiger partial charge in [0.1, 0.15) is 5.65 Å². The first-order valence-corrected chi connectivity index (χ1v) is 7.07. The number of benzene rings is 1. The number of H-pyrrole nitrogens is 1. The predicted molar refractivity (Wildman–Crippen MR) is 85.1 cm³/mol. The zero-order valence-corrected chi connectivity index (χ0v) is 12.9. The van der Waals surface area contributed by atoms with E-state index in [1.165, 1.54) is 0 Å². The van der Waals surface area contributed by atoms with E-state index in [0.29, 0.717) is 6.42 Å². The average Bonchev–Trinajstić information content (AvgIpc) is 2.87. The predicted octanol–water partition coefficient (Wildman–Crippen LogP) is 3.02. The van der Waals surface area contributed by atoms with E-state index in [1.807, 2.05) is 50.2 Å². The minimum absolute atomic E-state index is 0.136. The fourth-order valence-electron chi connectivity index (χ4n) is 2.46. The number of hydrogen-bond acceptors (Lipinski definition) is 4. The molecule has 3 aromatic rings. The number of carbonyl (C=O) groups excluding carboxylic acids is 3. The second kappa shape index (κ2) is 7.29. The molecule has 23 heavy (non-hydrogen) atoms. The number of pyridine rings is 1. The summed E-state index contributed by atoms with van der Waals surface area (Å²) in [6.07, 6.45) is 2.41. The Morgan fingerprint density at radius 3 is 2.57 bits per heavy atom. The molecule has 3 rings (SSSR count). The van der Waals surface area contributed by atoms with Gasteiger partial charge in [-0.25, -0.2) is 4.98 Å². The number of hydrogen-bond donors (Lipinski definition) is 1. The van der Waals surface area contributed by atoms with Crippen molar-refractivity contribution in [2.24, 2.45) is 0 Å². The van der Waals surface area contributed by atoms with Crippen LogP contribution in [0.4, 0.5) is 0 Å². The molecule has 5 nitrogen and oxygen atoms in total. The van der Waals surface area contributed by atoms with Crippen molar-refractivity contribution in [3.63, 3.8) is 0 Å². The van der Waals surface area contributed by atoms with E-state index in [9.17, 15) is 4.79 Å². The Hall–Kier alpha value is -3.04. The molecule has 0 saturated heterocycles. The van der Waals surface area contributed by atoms with E-state index in [-0.39, 0.29) is 11.9 Å². The summed E-state index contributed by atoms with van der Waals surface area (Å²) in [5.41, 5.74) is 4.70. The molecule has 0 saturated carbocycles. The number of nitrogens with one attached hydrogen (secondary N) is 1. The molecule has 0 fully saturated rings. The number of rotatable bonds is 3. The highest BCUT2D eigenvalue weighted by Crippen LogP contribution is 2.16. The first-order valence-electron chi connectivity index (χ1n) is 7.07. The molecule has 2 aromatic heterocycles. The Morgan fingerprint density at radius 1 is 1.17 bits per heavy atom. The maximum atomic E-state index is 12.3. The second-order valence-corrected chi connectivity index (χ2v) is 5.23. The SMILES string of the molecule is Cc1cc2cc(CC(=O)c3ccccc3C)cnc2[nH]1.O=C=O. The third-order valence-electron chi connectivity index (χ3n) is 3.47. The van der Waals surface area contributed by atoms with Crippen LogP contribution in [0.25, 0.3) is 11.0 Å². The van der Waals surface area contributed by atoms with Gasteiger partial charge in [0.2, 0.25) is 0 Å². The number of ketones is 1. The van der Waals surface area contributed by atoms with Gasteiger partial charge in [-0.1, -0.05) is 24.3 Å². The quantitative estimate of drug-likeness (QED) is 0.754. The summed E-state index contributed by atoms with van der Waals surface area (Å²) in [7, 11) is 0. The van der Waals surface area contributed by atoms with Crippen LogP contribution in [0.15, 0.2) is 42.6 Å². The summed E-state index contributed by atoms with van der Waals surface area (Å²) in [4.78, 5) is 36.1. The number of aryl methyl sites for hydroxylation is 2. The van der Waals surface area contributed by atoms with Crippen LogP contribution in [0, 0.1) is 13.8 Å². The molecule has 0 spiro atoms. The number of aromatic amines is 1. The van der Waals surface area contributed by atoms with Crippen LogP contribution in [-0.2, 0) is 16.0 Å². The smallest absolute Gasteiger partial charge is 0.344 e. The fraction of sp³-hybridized carbons (Fsp3) is 0.167. The van der Waals surface area contributed by atoms with Crippen molar-refractivity contribution in [1.29, 1.82) is 0 Å². The van der Waals surface area contributed by atoms with Crippen LogP contribution in [-0.4, -0.2) is 21.9 Å². The van der Waals surface area contributed by atoms with Crippen LogP contribution < -0.4 is 0 Å². The highest BCUT2D eigenvalue weighted by molar-refractivity contribution is 5.99. The monoisotopic (exact) mass is 308 g/mol. The van der Waals surface area contributed by atoms with Crippen LogP contribution in [0.5, 0.6) is 0 Å². The molecule has 1 aromatic carbocycles. The molecule has 5 heteroatoms. The van der Waals surface area contributed by atoms with Crippen LogP contribution in [0.3, 0.4) is 0 Å². The van der Waals surface area contributed by atoms with Crippen molar-refractivity contribution in [3.8, 4) is 0 Å². The van der Waals surface area contributed by atoms with Gasteiger partial charge in [0.05, 0.1) is 0 Å². The highest BCUT2D eigenvalue weighted by Gasteiger charge is 2.10. The second-order valence-electron chi connectivity index (χ2n) is 5.23. The number of carbonyl (C=O) groups is 1. The van der Waals surface area contributed by atoms with Gasteiger partial charge in [-0.2, -0.15) is 9.59 Å². The Bertz CT molecular complexity index is 875. The fourth-order valence-corrected chi connectivity index (χ4v) is 2.46. The maximum absolute atomic E-state index is 12.3. The average molecular weight is 308 g/mol. The summed E-state index contributed by atoms with van der Waals surface area (Å²) in [5, 5.41) is 1.05. The molecule has 0 aliphatic heterocycles. The van der Waals surface area contributed by atoms with E-state index in [1.54, 1.807) is 6.20 Å². The number of aromatic nitrogens is 2. The topological polar surface area (TPSA) is 79.9 Å². The van der Waals surface area contributed by atoms with Gasteiger partial charge in [0.15, 0.2) is 5.78 Å². The van der Waals surface area contributed by atoms with Crippen molar-refractivity contribution >= 4 is 23.0 Å². The minimum Gasteiger partial charge on any atom is -0.344 e. The van der Waals surface area contributed by atoms with Gasteiger partial charge < -0.3 is 4.98 Å². The van der Waals surface area contributed by atoms with Gasteiger partial charge in [0.25, 0.3) is 0 Å². The number of fused-ring (bicyclic) bond motifs is 1. The molecule has 2 heterocycles. The molecule has 0 bridgehead atoms. The summed E-state index contributed by atoms with van der Waals surface area (Å²) in [6.45, 7) is 3.96. The summed E-state index contributed by atoms with van der Waals surface area (Å²) >= 11 is 0. The van der Waals surface area contributed by atoms with E-state index in [0.717, 1.165) is 33.4 Å². The third kappa shape index (κ3) is 3.99. The van der Waals surface area contributed by atoms with Gasteiger partial charge in [0, 0.05) is 29.3 Å². The summed E-state index contributed by atoms with van der Waals surface area (Å²) in [5.74, 6) is 0.136. The van der Waals surface area contributed by atoms with E-state index >= 15 is 0 Å². The molecule has 0 amide bonds. The first-order chi connectivity index (χ1) is 11.0. The zero-order valence-electron chi connectivity index (χ0n) is 12.9. The lowest BCUT2D eigenvalue weighted by Gasteiger charge is -2.04. The molecule has 116 valence electrons. The maximum Gasteiger partial charge on any atom is 0.373 e. The lowest BCUT2D eigenvalue weighted by molar-refractivity contribution is -0.191. The Labute approximate surface area is 133 Å². The van der Waals surface area contributed by atoms with Crippen molar-refractivity contribution in [1.82, 2.24) is 9.97 Å². The molecular formula is C18H16N2O3. The van der Waals surface area contributed by atoms with Gasteiger partial charge in [-0.3, -0.25) is 4.79 Å². The molecule has 1 N–H and O–H groups in total. The Morgan fingerprint density at radius 2 is 1.87 bits per heavy atom. The minimum atomic E-state index is 0.136. The number of nitrogens with zero attached hydrogens (tertiary/aromatic N) is 1. The van der Waals surface area contributed by atoms with Crippen LogP contribution in [0.2, 0.25) is 0 Å². The van der Waals surface area contributed by atoms with Gasteiger partial charge in [-0.05, 0) is 37.1 Å². The van der Waals surface area contributed by atoms with E-state index < -0.39 is 0 Å². The summed E-state index contributed by atoms with van der Waals surface area (Å²) < 4.78 is 0. The standard InChI is InChI=1S/C17H16N2O.CO2/c1-11-5-3-4-6-15(11)16(20)9-13-8-14-7-12(2)19-17(14)18-10-13;2-1-3/h3-8,10H,9H2,1-2H3,(H,18,19);. The van der Waals surface area contributed by atoms with Crippen molar-refractivity contribution < 1.29 is 14.4 Å². The zero-order chi connectivity index (χ0) is 16.8. The highest BCUT2D eigenvalue weighted by atomic mass is 16.2. The van der Waals surface area contributed by atoms with Crippen molar-refractivity contribution in [2.45, 2.75) is 20.3 Å². The van der Waals surface area contributed by atoms with Gasteiger partial charge in [-0.15, -0.1) is 0 Å². The first kappa shape index (κ1) is 16.3. The molecule has 0 unspecified atom stereocenters. The lowest BCUT2D eigenvalue weighted by Crippen LogP contribution is -2.05. The van der Waals surface area contributed by atoms with Crippen LogP contribution in [0.1, 0.15) is 27.2 Å². The van der Waals surface area contributed by atoms with E-state index in [4.69, 9.17) is 9.59 Å². The van der Waals surface area contributed by atoms with Crippen LogP contribution >= 0.6 is 0 Å². The van der Waals surface area contributed by atoms with Crippen molar-refractivity contribution in [3.05, 3.63) is 65.0 Å². The molecular weight excluding hydrogens is 292 g/mol. The molecule has 0 aliphatic rings. The van der Waals surface area contributed by atoms with Crippen molar-refractivity contribution in [2.75, 3.05) is 0 Å². The summed E-state index contributed by atoms with van der Waals surface area (Å²) in [6, 6.07) is 11.8. The largest absolute Gasteiger partial charge is 0.373 e. The molecule has 0 radical (unpaired) electrons. The van der Waals surface area contributed by atoms with Gasteiger partial charge >= 0.3 is 6.15 Å². The molecule has 0 atom stereocenters.